The van der Waals surface area contributed by atoms with E-state index >= 15 is 0 Å². The van der Waals surface area contributed by atoms with Crippen LogP contribution in [0.25, 0.3) is 0 Å². The zero-order valence-electron chi connectivity index (χ0n) is 13.2. The van der Waals surface area contributed by atoms with E-state index in [0.717, 1.165) is 31.6 Å². The number of aromatic nitrogens is 1. The number of anilines is 1. The third kappa shape index (κ3) is 4.24. The molecule has 0 bridgehead atoms. The fourth-order valence-electron chi connectivity index (χ4n) is 2.94. The van der Waals surface area contributed by atoms with E-state index < -0.39 is 0 Å². The fourth-order valence-corrected chi connectivity index (χ4v) is 3.13. The predicted molar refractivity (Wildman–Crippen MR) is 94.1 cm³/mol. The Bertz CT molecular complexity index is 675. The highest BCUT2D eigenvalue weighted by molar-refractivity contribution is 6.33. The van der Waals surface area contributed by atoms with Crippen molar-refractivity contribution in [3.8, 4) is 0 Å². The molecule has 0 radical (unpaired) electrons. The van der Waals surface area contributed by atoms with Crippen LogP contribution in [0.4, 0.5) is 10.5 Å². The number of nitrogens with one attached hydrogen (secondary N) is 2. The van der Waals surface area contributed by atoms with Crippen LogP contribution in [-0.2, 0) is 4.74 Å². The monoisotopic (exact) mass is 345 g/mol. The first-order valence-electron chi connectivity index (χ1n) is 8.04. The molecular weight excluding hydrogens is 326 g/mol. The summed E-state index contributed by atoms with van der Waals surface area (Å²) in [5.41, 5.74) is 1.59. The highest BCUT2D eigenvalue weighted by Crippen LogP contribution is 2.30. The molecule has 1 aromatic carbocycles. The van der Waals surface area contributed by atoms with Gasteiger partial charge in [0.1, 0.15) is 0 Å². The number of benzene rings is 1. The summed E-state index contributed by atoms with van der Waals surface area (Å²) >= 11 is 6.10. The van der Waals surface area contributed by atoms with Crippen molar-refractivity contribution >= 4 is 23.3 Å². The van der Waals surface area contributed by atoms with Crippen molar-refractivity contribution in [2.75, 3.05) is 18.5 Å². The molecule has 2 amide bonds. The predicted octanol–water partition coefficient (Wildman–Crippen LogP) is 4.02. The van der Waals surface area contributed by atoms with Gasteiger partial charge in [0.05, 0.1) is 16.8 Å². The van der Waals surface area contributed by atoms with Crippen molar-refractivity contribution in [1.29, 1.82) is 0 Å². The molecule has 0 saturated carbocycles. The van der Waals surface area contributed by atoms with Gasteiger partial charge in [0.15, 0.2) is 0 Å². The second kappa shape index (κ2) is 8.13. The van der Waals surface area contributed by atoms with Crippen LogP contribution in [0.15, 0.2) is 48.8 Å². The first-order chi connectivity index (χ1) is 11.7. The van der Waals surface area contributed by atoms with E-state index in [2.05, 4.69) is 15.6 Å². The van der Waals surface area contributed by atoms with Crippen LogP contribution in [0.2, 0.25) is 5.02 Å². The molecule has 24 heavy (non-hydrogen) atoms. The number of nitrogens with zero attached hydrogens (tertiary/aromatic N) is 1. The lowest BCUT2D eigenvalue weighted by atomic mass is 9.88. The van der Waals surface area contributed by atoms with Crippen LogP contribution in [0.5, 0.6) is 0 Å². The molecule has 126 valence electrons. The Morgan fingerprint density at radius 2 is 2.00 bits per heavy atom. The number of hydrogen-bond acceptors (Lipinski definition) is 3. The van der Waals surface area contributed by atoms with Gasteiger partial charge in [-0.15, -0.1) is 0 Å². The highest BCUT2D eigenvalue weighted by atomic mass is 35.5. The first-order valence-corrected chi connectivity index (χ1v) is 8.41. The van der Waals surface area contributed by atoms with Gasteiger partial charge in [-0.2, -0.15) is 0 Å². The lowest BCUT2D eigenvalue weighted by Gasteiger charge is -2.31. The molecule has 2 aromatic rings. The lowest BCUT2D eigenvalue weighted by Crippen LogP contribution is -2.38. The van der Waals surface area contributed by atoms with Gasteiger partial charge >= 0.3 is 6.03 Å². The third-order valence-corrected chi connectivity index (χ3v) is 4.52. The van der Waals surface area contributed by atoms with E-state index in [1.165, 1.54) is 0 Å². The molecular formula is C18H20ClN3O2. The molecule has 2 N–H and O–H groups in total. The summed E-state index contributed by atoms with van der Waals surface area (Å²) in [5.74, 6) is 0.319. The number of amides is 2. The molecule has 6 heteroatoms. The van der Waals surface area contributed by atoms with Crippen LogP contribution < -0.4 is 10.6 Å². The van der Waals surface area contributed by atoms with Gasteiger partial charge in [0.25, 0.3) is 0 Å². The number of urea groups is 1. The van der Waals surface area contributed by atoms with Crippen molar-refractivity contribution in [3.63, 3.8) is 0 Å². The van der Waals surface area contributed by atoms with Crippen molar-refractivity contribution < 1.29 is 9.53 Å². The minimum absolute atomic E-state index is 0.106. The molecule has 0 spiro atoms. The molecule has 0 aliphatic carbocycles. The van der Waals surface area contributed by atoms with Gasteiger partial charge in [-0.25, -0.2) is 4.79 Å². The molecule has 1 saturated heterocycles. The quantitative estimate of drug-likeness (QED) is 0.879. The minimum Gasteiger partial charge on any atom is -0.381 e. The Hall–Kier alpha value is -2.11. The van der Waals surface area contributed by atoms with Crippen molar-refractivity contribution in [1.82, 2.24) is 10.3 Å². The standard InChI is InChI=1S/C18H20ClN3O2/c19-15-5-1-2-6-16(15)21-18(23)22-17(13-7-10-24-11-8-13)14-4-3-9-20-12-14/h1-6,9,12-13,17H,7-8,10-11H2,(H2,21,22,23). The number of ether oxygens (including phenoxy) is 1. The Balaban J connectivity index is 1.73. The average molecular weight is 346 g/mol. The smallest absolute Gasteiger partial charge is 0.319 e. The maximum absolute atomic E-state index is 12.5. The van der Waals surface area contributed by atoms with E-state index in [9.17, 15) is 4.79 Å². The number of para-hydroxylation sites is 1. The summed E-state index contributed by atoms with van der Waals surface area (Å²) in [5, 5.41) is 6.40. The van der Waals surface area contributed by atoms with E-state index in [0.29, 0.717) is 16.6 Å². The second-order valence-electron chi connectivity index (χ2n) is 5.79. The van der Waals surface area contributed by atoms with Gasteiger partial charge in [-0.1, -0.05) is 29.8 Å². The summed E-state index contributed by atoms with van der Waals surface area (Å²) in [6.45, 7) is 1.44. The van der Waals surface area contributed by atoms with E-state index in [-0.39, 0.29) is 12.1 Å². The second-order valence-corrected chi connectivity index (χ2v) is 6.20. The lowest BCUT2D eigenvalue weighted by molar-refractivity contribution is 0.0550. The summed E-state index contributed by atoms with van der Waals surface area (Å²) in [7, 11) is 0. The molecule has 1 aliphatic rings. The number of carbonyl (C=O) groups excluding carboxylic acids is 1. The fraction of sp³-hybridized carbons (Fsp3) is 0.333. The van der Waals surface area contributed by atoms with Crippen molar-refractivity contribution in [2.24, 2.45) is 5.92 Å². The van der Waals surface area contributed by atoms with Crippen LogP contribution >= 0.6 is 11.6 Å². The third-order valence-electron chi connectivity index (χ3n) is 4.19. The zero-order valence-corrected chi connectivity index (χ0v) is 14.0. The number of hydrogen-bond donors (Lipinski definition) is 2. The van der Waals surface area contributed by atoms with E-state index in [1.54, 1.807) is 24.5 Å². The Morgan fingerprint density at radius 3 is 2.71 bits per heavy atom. The number of carbonyl (C=O) groups is 1. The van der Waals surface area contributed by atoms with Gasteiger partial charge in [0.2, 0.25) is 0 Å². The van der Waals surface area contributed by atoms with E-state index in [4.69, 9.17) is 16.3 Å². The summed E-state index contributed by atoms with van der Waals surface area (Å²) in [6.07, 6.45) is 5.35. The van der Waals surface area contributed by atoms with Crippen molar-refractivity contribution in [3.05, 3.63) is 59.4 Å². The van der Waals surface area contributed by atoms with Gasteiger partial charge in [-0.3, -0.25) is 4.98 Å². The van der Waals surface area contributed by atoms with Crippen molar-refractivity contribution in [2.45, 2.75) is 18.9 Å². The summed E-state index contributed by atoms with van der Waals surface area (Å²) in [6, 6.07) is 10.7. The average Bonchev–Trinajstić information content (AvgIpc) is 2.63. The maximum atomic E-state index is 12.5. The Labute approximate surface area is 146 Å². The largest absolute Gasteiger partial charge is 0.381 e. The zero-order chi connectivity index (χ0) is 16.8. The van der Waals surface area contributed by atoms with Crippen LogP contribution in [0.3, 0.4) is 0 Å². The van der Waals surface area contributed by atoms with Gasteiger partial charge in [-0.05, 0) is 42.5 Å². The topological polar surface area (TPSA) is 63.2 Å². The van der Waals surface area contributed by atoms with E-state index in [1.807, 2.05) is 24.3 Å². The van der Waals surface area contributed by atoms with Crippen LogP contribution in [-0.4, -0.2) is 24.2 Å². The number of rotatable bonds is 4. The molecule has 1 fully saturated rings. The van der Waals surface area contributed by atoms with Gasteiger partial charge < -0.3 is 15.4 Å². The van der Waals surface area contributed by atoms with Crippen LogP contribution in [0, 0.1) is 5.92 Å². The Morgan fingerprint density at radius 1 is 1.21 bits per heavy atom. The molecule has 1 atom stereocenters. The molecule has 1 unspecified atom stereocenters. The number of pyridine rings is 1. The van der Waals surface area contributed by atoms with Crippen LogP contribution in [0.1, 0.15) is 24.4 Å². The highest BCUT2D eigenvalue weighted by Gasteiger charge is 2.27. The summed E-state index contributed by atoms with van der Waals surface area (Å²) < 4.78 is 5.44. The maximum Gasteiger partial charge on any atom is 0.319 e. The summed E-state index contributed by atoms with van der Waals surface area (Å²) in [4.78, 5) is 16.6. The molecule has 3 rings (SSSR count). The molecule has 5 nitrogen and oxygen atoms in total. The van der Waals surface area contributed by atoms with Gasteiger partial charge in [0, 0.05) is 25.6 Å². The molecule has 2 heterocycles. The Kier molecular flexibility index (Phi) is 5.67. The normalized spacial score (nSPS) is 16.4. The molecule has 1 aromatic heterocycles. The number of halogens is 1. The first kappa shape index (κ1) is 16.7. The SMILES string of the molecule is O=C(Nc1ccccc1Cl)NC(c1cccnc1)C1CCOCC1. The minimum atomic E-state index is -0.275. The molecule has 1 aliphatic heterocycles.